The van der Waals surface area contributed by atoms with Crippen LogP contribution >= 0.6 is 11.8 Å². The Morgan fingerprint density at radius 3 is 2.27 bits per heavy atom. The van der Waals surface area contributed by atoms with Crippen molar-refractivity contribution < 1.29 is 32.7 Å². The molecule has 0 unspecified atom stereocenters. The van der Waals surface area contributed by atoms with Crippen LogP contribution in [0.25, 0.3) is 0 Å². The predicted octanol–water partition coefficient (Wildman–Crippen LogP) is 2.64. The van der Waals surface area contributed by atoms with Crippen LogP contribution in [0.5, 0.6) is 5.75 Å². The molecule has 3 aromatic rings. The normalized spacial score (nSPS) is 14.2. The van der Waals surface area contributed by atoms with Gasteiger partial charge in [-0.3, -0.25) is 14.4 Å². The second kappa shape index (κ2) is 13.9. The SMILES string of the molecule is CC/C(NCC(=O)Nc1ccc(SC(F)(F)F)cc1)=C(/C(=O)n1nc(N(C)C)[nH]1)N1CCN(C(=O)c2ncnc(C)c2O)CC1. The molecule has 45 heavy (non-hydrogen) atoms. The van der Waals surface area contributed by atoms with Gasteiger partial charge in [0.05, 0.1) is 12.2 Å². The molecule has 3 heterocycles. The zero-order chi connectivity index (χ0) is 32.9. The van der Waals surface area contributed by atoms with Crippen molar-refractivity contribution in [2.45, 2.75) is 30.7 Å². The smallest absolute Gasteiger partial charge is 0.446 e. The number of anilines is 2. The molecule has 14 nitrogen and oxygen atoms in total. The van der Waals surface area contributed by atoms with Crippen molar-refractivity contribution in [3.05, 3.63) is 53.4 Å². The van der Waals surface area contributed by atoms with Crippen LogP contribution in [0, 0.1) is 6.92 Å². The van der Waals surface area contributed by atoms with Crippen molar-refractivity contribution in [3.63, 3.8) is 0 Å². The van der Waals surface area contributed by atoms with E-state index in [9.17, 15) is 32.7 Å². The van der Waals surface area contributed by atoms with Gasteiger partial charge >= 0.3 is 11.4 Å². The number of nitrogens with one attached hydrogen (secondary N) is 3. The zero-order valence-corrected chi connectivity index (χ0v) is 25.8. The van der Waals surface area contributed by atoms with Gasteiger partial charge in [-0.1, -0.05) is 6.92 Å². The molecule has 0 aliphatic carbocycles. The molecule has 0 spiro atoms. The molecule has 242 valence electrons. The number of aryl methyl sites for hydroxylation is 1. The van der Waals surface area contributed by atoms with Crippen LogP contribution in [0.2, 0.25) is 0 Å². The average Bonchev–Trinajstić information content (AvgIpc) is 2.95. The van der Waals surface area contributed by atoms with Crippen LogP contribution in [-0.2, 0) is 4.79 Å². The molecular formula is C27H33F3N10O4S. The van der Waals surface area contributed by atoms with E-state index in [1.54, 1.807) is 30.8 Å². The highest BCUT2D eigenvalue weighted by molar-refractivity contribution is 8.00. The number of hydrogen-bond acceptors (Lipinski definition) is 11. The number of hydrogen-bond donors (Lipinski definition) is 4. The van der Waals surface area contributed by atoms with Crippen molar-refractivity contribution in [1.82, 2.24) is 40.1 Å². The van der Waals surface area contributed by atoms with Crippen LogP contribution in [-0.4, -0.2) is 110 Å². The largest absolute Gasteiger partial charge is 0.504 e. The first-order valence-electron chi connectivity index (χ1n) is 13.8. The first kappa shape index (κ1) is 33.2. The van der Waals surface area contributed by atoms with Gasteiger partial charge in [0.15, 0.2) is 11.4 Å². The Morgan fingerprint density at radius 2 is 1.69 bits per heavy atom. The molecule has 2 aromatic heterocycles. The third-order valence-corrected chi connectivity index (χ3v) is 7.52. The van der Waals surface area contributed by atoms with Crippen molar-refractivity contribution in [2.24, 2.45) is 0 Å². The maximum Gasteiger partial charge on any atom is 0.446 e. The number of aromatic amines is 1. The lowest BCUT2D eigenvalue weighted by molar-refractivity contribution is -0.115. The number of halogens is 3. The number of H-pyrrole nitrogens is 1. The van der Waals surface area contributed by atoms with Crippen molar-refractivity contribution in [3.8, 4) is 5.75 Å². The summed E-state index contributed by atoms with van der Waals surface area (Å²) in [5.74, 6) is -1.23. The summed E-state index contributed by atoms with van der Waals surface area (Å²) in [6.45, 7) is 4.10. The monoisotopic (exact) mass is 650 g/mol. The zero-order valence-electron chi connectivity index (χ0n) is 25.0. The maximum atomic E-state index is 13.7. The molecule has 2 amide bonds. The summed E-state index contributed by atoms with van der Waals surface area (Å²) in [6.07, 6.45) is 1.54. The number of carbonyl (C=O) groups is 3. The molecule has 4 rings (SSSR count). The molecule has 0 saturated carbocycles. The predicted molar refractivity (Wildman–Crippen MR) is 160 cm³/mol. The number of benzene rings is 1. The quantitative estimate of drug-likeness (QED) is 0.188. The van der Waals surface area contributed by atoms with E-state index in [0.717, 1.165) is 4.80 Å². The molecule has 1 aliphatic rings. The number of piperazine rings is 1. The highest BCUT2D eigenvalue weighted by Crippen LogP contribution is 2.37. The van der Waals surface area contributed by atoms with Crippen LogP contribution in [0.1, 0.15) is 34.3 Å². The van der Waals surface area contributed by atoms with E-state index in [1.807, 2.05) is 6.92 Å². The lowest BCUT2D eigenvalue weighted by Crippen LogP contribution is -2.51. The van der Waals surface area contributed by atoms with Gasteiger partial charge < -0.3 is 30.4 Å². The Bertz CT molecular complexity index is 1550. The number of allylic oxidation sites excluding steroid dienone is 2. The Balaban J connectivity index is 1.48. The molecule has 1 aromatic carbocycles. The standard InChI is InChI=1S/C27H33F3N10O4S/c1-5-19(31-14-20(41)34-17-6-8-18(9-7-17)45-27(28,29)30)22(25(44)40-35-26(36-40)37(3)4)38-10-12-39(13-11-38)24(43)21-23(42)16(2)32-15-33-21/h6-9,15,31,42H,5,10-14H2,1-4H3,(H,34,41)(H,35,36)/b22-19+. The number of aromatic hydroxyl groups is 1. The first-order chi connectivity index (χ1) is 21.3. The number of rotatable bonds is 10. The molecule has 1 aliphatic heterocycles. The van der Waals surface area contributed by atoms with Gasteiger partial charge in [-0.15, -0.1) is 9.90 Å². The molecule has 0 radical (unpaired) electrons. The number of thioether (sulfide) groups is 1. The van der Waals surface area contributed by atoms with Crippen LogP contribution in [0.4, 0.5) is 24.8 Å². The summed E-state index contributed by atoms with van der Waals surface area (Å²) >= 11 is -0.250. The highest BCUT2D eigenvalue weighted by atomic mass is 32.2. The van der Waals surface area contributed by atoms with Crippen LogP contribution < -0.4 is 15.5 Å². The minimum Gasteiger partial charge on any atom is -0.504 e. The van der Waals surface area contributed by atoms with Crippen LogP contribution in [0.3, 0.4) is 0 Å². The lowest BCUT2D eigenvalue weighted by Gasteiger charge is -2.37. The fraction of sp³-hybridized carbons (Fsp3) is 0.407. The van der Waals surface area contributed by atoms with Gasteiger partial charge in [-0.05, 0) is 49.4 Å². The van der Waals surface area contributed by atoms with E-state index in [2.05, 4.69) is 30.8 Å². The molecule has 1 fully saturated rings. The van der Waals surface area contributed by atoms with Crippen LogP contribution in [0.15, 0.2) is 46.9 Å². The summed E-state index contributed by atoms with van der Waals surface area (Å²) in [5.41, 5.74) is -3.23. The molecular weight excluding hydrogens is 617 g/mol. The van der Waals surface area contributed by atoms with E-state index in [4.69, 9.17) is 0 Å². The highest BCUT2D eigenvalue weighted by Gasteiger charge is 2.32. The van der Waals surface area contributed by atoms with Gasteiger partial charge in [0, 0.05) is 56.6 Å². The van der Waals surface area contributed by atoms with E-state index in [-0.39, 0.29) is 72.2 Å². The lowest BCUT2D eigenvalue weighted by atomic mass is 10.1. The Kier molecular flexibility index (Phi) is 10.3. The Hall–Kier alpha value is -4.74. The Morgan fingerprint density at radius 1 is 1.07 bits per heavy atom. The van der Waals surface area contributed by atoms with Gasteiger partial charge in [-0.25, -0.2) is 15.1 Å². The van der Waals surface area contributed by atoms with Crippen molar-refractivity contribution in [1.29, 1.82) is 0 Å². The fourth-order valence-corrected chi connectivity index (χ4v) is 4.99. The number of amides is 2. The first-order valence-corrected chi connectivity index (χ1v) is 14.6. The molecule has 0 atom stereocenters. The number of nitrogens with zero attached hydrogens (tertiary/aromatic N) is 7. The number of aromatic nitrogens is 5. The number of carbonyl (C=O) groups excluding carboxylic acids is 3. The molecule has 18 heteroatoms. The van der Waals surface area contributed by atoms with Gasteiger partial charge in [0.25, 0.3) is 5.91 Å². The number of alkyl halides is 3. The topological polar surface area (TPSA) is 165 Å². The Labute approximate surface area is 260 Å². The molecule has 0 bridgehead atoms. The van der Waals surface area contributed by atoms with Gasteiger partial charge in [-0.2, -0.15) is 13.2 Å². The third kappa shape index (κ3) is 8.25. The second-order valence-corrected chi connectivity index (χ2v) is 11.3. The summed E-state index contributed by atoms with van der Waals surface area (Å²) in [5, 5.41) is 23.0. The molecule has 4 N–H and O–H groups in total. The third-order valence-electron chi connectivity index (χ3n) is 6.78. The minimum atomic E-state index is -4.42. The summed E-state index contributed by atoms with van der Waals surface area (Å²) < 4.78 is 37.8. The fourth-order valence-electron chi connectivity index (χ4n) is 4.45. The van der Waals surface area contributed by atoms with E-state index >= 15 is 0 Å². The van der Waals surface area contributed by atoms with Gasteiger partial charge in [0.1, 0.15) is 12.0 Å². The van der Waals surface area contributed by atoms with Gasteiger partial charge in [0.2, 0.25) is 11.9 Å². The minimum absolute atomic E-state index is 0.0107. The van der Waals surface area contributed by atoms with E-state index in [0.29, 0.717) is 23.8 Å². The van der Waals surface area contributed by atoms with Crippen molar-refractivity contribution in [2.75, 3.05) is 57.0 Å². The summed E-state index contributed by atoms with van der Waals surface area (Å²) in [7, 11) is 3.52. The second-order valence-electron chi connectivity index (χ2n) is 10.1. The molecule has 1 saturated heterocycles. The summed E-state index contributed by atoms with van der Waals surface area (Å²) in [4.78, 5) is 53.4. The maximum absolute atomic E-state index is 13.7. The van der Waals surface area contributed by atoms with E-state index < -0.39 is 23.2 Å². The van der Waals surface area contributed by atoms with Crippen molar-refractivity contribution >= 4 is 41.1 Å². The van der Waals surface area contributed by atoms with E-state index in [1.165, 1.54) is 35.5 Å². The average molecular weight is 651 g/mol. The summed E-state index contributed by atoms with van der Waals surface area (Å²) in [6, 6.07) is 5.26.